The second kappa shape index (κ2) is 22.5. The van der Waals surface area contributed by atoms with Crippen molar-refractivity contribution in [1.82, 2.24) is 19.4 Å². The minimum absolute atomic E-state index is 0.0584. The fourth-order valence-electron chi connectivity index (χ4n) is 8.45. The maximum atomic E-state index is 13.6. The number of piperidine rings is 2. The third kappa shape index (κ3) is 12.5. The highest BCUT2D eigenvalue weighted by molar-refractivity contribution is 7.92. The molecule has 2 atom stereocenters. The number of aryl methyl sites for hydroxylation is 1. The summed E-state index contributed by atoms with van der Waals surface area (Å²) in [5.74, 6) is 1.22. The smallest absolute Gasteiger partial charge is 0.283 e. The number of para-hydroxylation sites is 1. The Bertz CT molecular complexity index is 2850. The zero-order chi connectivity index (χ0) is 47.5. The van der Waals surface area contributed by atoms with Crippen molar-refractivity contribution in [2.45, 2.75) is 55.8 Å². The number of ether oxygens (including phenoxy) is 1. The summed E-state index contributed by atoms with van der Waals surface area (Å²) in [5.41, 5.74) is 5.91. The number of benzene rings is 6. The van der Waals surface area contributed by atoms with Gasteiger partial charge in [0.25, 0.3) is 21.8 Å². The van der Waals surface area contributed by atoms with Crippen LogP contribution in [0, 0.1) is 0 Å². The van der Waals surface area contributed by atoms with Crippen molar-refractivity contribution in [3.05, 3.63) is 208 Å². The Balaban J connectivity index is 0.000000192. The van der Waals surface area contributed by atoms with Crippen LogP contribution in [-0.4, -0.2) is 71.9 Å². The normalized spacial score (nSPS) is 16.0. The molecule has 0 bridgehead atoms. The van der Waals surface area contributed by atoms with E-state index in [-0.39, 0.29) is 29.5 Å². The van der Waals surface area contributed by atoms with Crippen LogP contribution in [-0.2, 0) is 30.2 Å². The number of hydrogen-bond acceptors (Lipinski definition) is 7. The Morgan fingerprint density at radius 1 is 0.691 bits per heavy atom. The number of rotatable bonds is 13. The molecule has 2 fully saturated rings. The zero-order valence-electron chi connectivity index (χ0n) is 37.8. The number of anilines is 2. The minimum Gasteiger partial charge on any atom is -0.489 e. The molecule has 2 amide bonds. The van der Waals surface area contributed by atoms with Crippen LogP contribution in [0.5, 0.6) is 5.75 Å². The van der Waals surface area contributed by atoms with Crippen LogP contribution < -0.4 is 14.4 Å². The van der Waals surface area contributed by atoms with Gasteiger partial charge in [-0.1, -0.05) is 96.0 Å². The molecule has 14 heteroatoms. The molecule has 2 unspecified atom stereocenters. The Hall–Kier alpha value is -6.60. The molecule has 7 aromatic rings. The summed E-state index contributed by atoms with van der Waals surface area (Å²) >= 11 is 12.0. The minimum atomic E-state index is -3.98. The summed E-state index contributed by atoms with van der Waals surface area (Å²) < 4.78 is 36.2. The van der Waals surface area contributed by atoms with Crippen molar-refractivity contribution >= 4 is 56.4 Å². The van der Waals surface area contributed by atoms with Gasteiger partial charge in [-0.15, -0.1) is 0 Å². The molecule has 0 radical (unpaired) electrons. The van der Waals surface area contributed by atoms with E-state index < -0.39 is 10.0 Å². The lowest BCUT2D eigenvalue weighted by atomic mass is 9.90. The van der Waals surface area contributed by atoms with E-state index in [1.165, 1.54) is 22.4 Å². The number of nitrogens with zero attached hydrogens (tertiary/aromatic N) is 5. The van der Waals surface area contributed by atoms with Gasteiger partial charge in [-0.2, -0.15) is 8.42 Å². The van der Waals surface area contributed by atoms with Gasteiger partial charge in [0.2, 0.25) is 0 Å². The predicted octanol–water partition coefficient (Wildman–Crippen LogP) is 11.1. The van der Waals surface area contributed by atoms with E-state index >= 15 is 0 Å². The SMILES string of the molecule is Cn1cnc(S(=O)(=O)N(Cc2ccc(Cl)cc2)c2ccc(C(=O)N3CCCC(Oc4ccccc4)C3)cc2)c1.O=C(c1ccc(NCc2ccc(Cl)cc2)cc1)N1CCCC(c2ccccc2)C1. The monoisotopic (exact) mass is 968 g/mol. The highest BCUT2D eigenvalue weighted by Crippen LogP contribution is 2.30. The average molecular weight is 970 g/mol. The third-order valence-electron chi connectivity index (χ3n) is 12.1. The van der Waals surface area contributed by atoms with Gasteiger partial charge in [0, 0.05) is 72.2 Å². The van der Waals surface area contributed by atoms with Crippen molar-refractivity contribution in [2.24, 2.45) is 7.05 Å². The maximum absolute atomic E-state index is 13.6. The maximum Gasteiger partial charge on any atom is 0.283 e. The van der Waals surface area contributed by atoms with Gasteiger partial charge in [0.1, 0.15) is 11.9 Å². The zero-order valence-corrected chi connectivity index (χ0v) is 40.2. The van der Waals surface area contributed by atoms with Gasteiger partial charge in [-0.05, 0) is 127 Å². The fraction of sp³-hybridized carbons (Fsp3) is 0.241. The number of aromatic nitrogens is 2. The first-order chi connectivity index (χ1) is 33.0. The number of halogens is 2. The molecule has 0 aliphatic carbocycles. The molecule has 2 saturated heterocycles. The fourth-order valence-corrected chi connectivity index (χ4v) is 10.1. The Kier molecular flexibility index (Phi) is 15.8. The lowest BCUT2D eigenvalue weighted by Crippen LogP contribution is -2.44. The lowest BCUT2D eigenvalue weighted by molar-refractivity contribution is 0.0538. The van der Waals surface area contributed by atoms with E-state index in [4.69, 9.17) is 27.9 Å². The first-order valence-corrected chi connectivity index (χ1v) is 25.0. The van der Waals surface area contributed by atoms with Crippen LogP contribution in [0.4, 0.5) is 11.4 Å². The quantitative estimate of drug-likeness (QED) is 0.122. The van der Waals surface area contributed by atoms with Gasteiger partial charge in [-0.25, -0.2) is 4.98 Å². The van der Waals surface area contributed by atoms with Crippen molar-refractivity contribution in [3.8, 4) is 5.75 Å². The molecular formula is C54H54Cl2N6O5S. The standard InChI is InChI=1S/C29H29ClN4O4S.C25H25ClN2O/c1-32-20-28(31-21-32)39(36,37)34(18-22-9-13-24(30)14-10-22)25-15-11-23(12-16-25)29(35)33-17-5-8-27(19-33)38-26-6-3-2-4-7-26;26-23-12-8-19(9-13-23)17-27-24-14-10-21(11-15-24)25(29)28-16-4-7-22(18-28)20-5-2-1-3-6-20/h2-4,6-7,9-16,20-21,27H,5,8,17-19H2,1H3;1-3,5-6,8-15,22,27H,4,7,16-18H2. The molecule has 6 aromatic carbocycles. The summed E-state index contributed by atoms with van der Waals surface area (Å²) in [7, 11) is -2.26. The lowest BCUT2D eigenvalue weighted by Gasteiger charge is -2.33. The summed E-state index contributed by atoms with van der Waals surface area (Å²) in [6.45, 7) is 3.56. The third-order valence-corrected chi connectivity index (χ3v) is 14.3. The van der Waals surface area contributed by atoms with E-state index in [0.29, 0.717) is 35.3 Å². The number of nitrogens with one attached hydrogen (secondary N) is 1. The van der Waals surface area contributed by atoms with Crippen molar-refractivity contribution in [2.75, 3.05) is 35.8 Å². The van der Waals surface area contributed by atoms with Crippen molar-refractivity contribution in [3.63, 3.8) is 0 Å². The van der Waals surface area contributed by atoms with Gasteiger partial charge < -0.3 is 24.4 Å². The number of carbonyl (C=O) groups is 2. The van der Waals surface area contributed by atoms with E-state index in [9.17, 15) is 18.0 Å². The summed E-state index contributed by atoms with van der Waals surface area (Å²) in [6, 6.07) is 49.4. The van der Waals surface area contributed by atoms with Gasteiger partial charge in [-0.3, -0.25) is 13.9 Å². The van der Waals surface area contributed by atoms with E-state index in [1.807, 2.05) is 89.8 Å². The number of hydrogen-bond donors (Lipinski definition) is 1. The predicted molar refractivity (Wildman–Crippen MR) is 270 cm³/mol. The Morgan fingerprint density at radius 3 is 1.85 bits per heavy atom. The number of imidazole rings is 1. The molecule has 9 rings (SSSR count). The first kappa shape index (κ1) is 47.9. The van der Waals surface area contributed by atoms with Crippen LogP contribution in [0.2, 0.25) is 10.0 Å². The highest BCUT2D eigenvalue weighted by Gasteiger charge is 2.30. The summed E-state index contributed by atoms with van der Waals surface area (Å²) in [6.07, 6.45) is 6.74. The van der Waals surface area contributed by atoms with Crippen LogP contribution >= 0.6 is 23.2 Å². The van der Waals surface area contributed by atoms with E-state index in [1.54, 1.807) is 65.0 Å². The van der Waals surface area contributed by atoms with Gasteiger partial charge in [0.05, 0.1) is 25.1 Å². The molecule has 11 nitrogen and oxygen atoms in total. The molecule has 0 spiro atoms. The second-order valence-electron chi connectivity index (χ2n) is 17.1. The molecule has 2 aliphatic heterocycles. The summed E-state index contributed by atoms with van der Waals surface area (Å²) in [4.78, 5) is 34.2. The second-order valence-corrected chi connectivity index (χ2v) is 19.7. The molecule has 1 N–H and O–H groups in total. The van der Waals surface area contributed by atoms with Crippen molar-refractivity contribution in [1.29, 1.82) is 0 Å². The molecular weight excluding hydrogens is 916 g/mol. The van der Waals surface area contributed by atoms with E-state index in [0.717, 1.165) is 78.5 Å². The van der Waals surface area contributed by atoms with Crippen LogP contribution in [0.15, 0.2) is 175 Å². The topological polar surface area (TPSA) is 117 Å². The Labute approximate surface area is 409 Å². The number of carbonyl (C=O) groups excluding carboxylic acids is 2. The summed E-state index contributed by atoms with van der Waals surface area (Å²) in [5, 5.41) is 4.63. The highest BCUT2D eigenvalue weighted by atomic mass is 35.5. The number of amides is 2. The van der Waals surface area contributed by atoms with Gasteiger partial charge >= 0.3 is 0 Å². The molecule has 350 valence electrons. The molecule has 2 aliphatic rings. The van der Waals surface area contributed by atoms with Crippen LogP contribution in [0.1, 0.15) is 69.0 Å². The van der Waals surface area contributed by atoms with E-state index in [2.05, 4.69) is 34.6 Å². The number of sulfonamides is 1. The van der Waals surface area contributed by atoms with Gasteiger partial charge in [0.15, 0.2) is 5.03 Å². The molecule has 1 aromatic heterocycles. The Morgan fingerprint density at radius 2 is 1.25 bits per heavy atom. The molecule has 3 heterocycles. The van der Waals surface area contributed by atoms with Crippen LogP contribution in [0.25, 0.3) is 0 Å². The number of likely N-dealkylation sites (tertiary alicyclic amines) is 2. The van der Waals surface area contributed by atoms with Crippen LogP contribution in [0.3, 0.4) is 0 Å². The molecule has 68 heavy (non-hydrogen) atoms. The van der Waals surface area contributed by atoms with Crippen molar-refractivity contribution < 1.29 is 22.7 Å². The largest absolute Gasteiger partial charge is 0.489 e. The first-order valence-electron chi connectivity index (χ1n) is 22.8. The molecule has 0 saturated carbocycles. The average Bonchev–Trinajstić information content (AvgIpc) is 3.84.